The SMILES string of the molecule is [C]#CCCCCCCc1ccc(C)cc1. The van der Waals surface area contributed by atoms with Gasteiger partial charge in [0.25, 0.3) is 0 Å². The Balaban J connectivity index is 2.10. The highest BCUT2D eigenvalue weighted by Crippen LogP contribution is 2.09. The van der Waals surface area contributed by atoms with Crippen LogP contribution < -0.4 is 0 Å². The van der Waals surface area contributed by atoms with Gasteiger partial charge in [0, 0.05) is 6.42 Å². The maximum absolute atomic E-state index is 6.79. The molecule has 79 valence electrons. The molecule has 1 rings (SSSR count). The summed E-state index contributed by atoms with van der Waals surface area (Å²) in [6, 6.07) is 8.81. The molecule has 0 aliphatic carbocycles. The molecule has 0 aromatic heterocycles. The first-order valence-electron chi connectivity index (χ1n) is 5.78. The topological polar surface area (TPSA) is 0 Å². The summed E-state index contributed by atoms with van der Waals surface area (Å²) in [6.07, 6.45) is 13.7. The molecule has 1 aromatic carbocycles. The Hall–Kier alpha value is -1.22. The lowest BCUT2D eigenvalue weighted by molar-refractivity contribution is 0.650. The fraction of sp³-hybridized carbons (Fsp3) is 0.467. The van der Waals surface area contributed by atoms with Crippen LogP contribution in [0.3, 0.4) is 0 Å². The molecule has 0 saturated heterocycles. The van der Waals surface area contributed by atoms with Crippen LogP contribution in [0.5, 0.6) is 0 Å². The molecule has 15 heavy (non-hydrogen) atoms. The monoisotopic (exact) mass is 199 g/mol. The Labute approximate surface area is 93.7 Å². The normalized spacial score (nSPS) is 9.87. The Kier molecular flexibility index (Phi) is 5.63. The van der Waals surface area contributed by atoms with Crippen LogP contribution in [0.15, 0.2) is 24.3 Å². The first-order chi connectivity index (χ1) is 7.33. The van der Waals surface area contributed by atoms with Crippen molar-refractivity contribution in [3.63, 3.8) is 0 Å². The minimum Gasteiger partial charge on any atom is -0.0891 e. The minimum atomic E-state index is 0.824. The molecule has 0 N–H and O–H groups in total. The lowest BCUT2D eigenvalue weighted by atomic mass is 10.0. The fourth-order valence-electron chi connectivity index (χ4n) is 1.65. The predicted molar refractivity (Wildman–Crippen MR) is 65.1 cm³/mol. The molecule has 1 radical (unpaired) electrons. The van der Waals surface area contributed by atoms with Crippen LogP contribution in [0.2, 0.25) is 0 Å². The third-order valence-electron chi connectivity index (χ3n) is 2.64. The minimum absolute atomic E-state index is 0.824. The molecule has 0 bridgehead atoms. The van der Waals surface area contributed by atoms with Crippen LogP contribution in [0, 0.1) is 19.3 Å². The van der Waals surface area contributed by atoms with Crippen molar-refractivity contribution in [3.05, 3.63) is 41.8 Å². The van der Waals surface area contributed by atoms with E-state index in [2.05, 4.69) is 37.1 Å². The second-order valence-corrected chi connectivity index (χ2v) is 4.08. The van der Waals surface area contributed by atoms with E-state index in [4.69, 9.17) is 6.42 Å². The molecule has 1 aromatic rings. The van der Waals surface area contributed by atoms with Crippen LogP contribution in [0.25, 0.3) is 0 Å². The van der Waals surface area contributed by atoms with E-state index in [1.165, 1.54) is 36.8 Å². The molecule has 0 amide bonds. The molecule has 0 unspecified atom stereocenters. The van der Waals surface area contributed by atoms with Gasteiger partial charge in [-0.1, -0.05) is 48.6 Å². The number of hydrogen-bond donors (Lipinski definition) is 0. The fourth-order valence-corrected chi connectivity index (χ4v) is 1.65. The summed E-state index contributed by atoms with van der Waals surface area (Å²) in [5, 5.41) is 0. The summed E-state index contributed by atoms with van der Waals surface area (Å²) in [5.41, 5.74) is 2.78. The Morgan fingerprint density at radius 2 is 1.67 bits per heavy atom. The van der Waals surface area contributed by atoms with Crippen LogP contribution in [-0.2, 0) is 6.42 Å². The summed E-state index contributed by atoms with van der Waals surface area (Å²) in [5.74, 6) is 2.43. The molecule has 0 fully saturated rings. The van der Waals surface area contributed by atoms with Crippen molar-refractivity contribution in [3.8, 4) is 5.92 Å². The lowest BCUT2D eigenvalue weighted by Crippen LogP contribution is -1.86. The molecule has 0 atom stereocenters. The van der Waals surface area contributed by atoms with Gasteiger partial charge in [0.05, 0.1) is 0 Å². The summed E-state index contributed by atoms with van der Waals surface area (Å²) in [7, 11) is 0. The highest BCUT2D eigenvalue weighted by atomic mass is 14.0. The number of aryl methyl sites for hydroxylation is 2. The van der Waals surface area contributed by atoms with E-state index in [-0.39, 0.29) is 0 Å². The van der Waals surface area contributed by atoms with Crippen LogP contribution in [0.1, 0.15) is 43.2 Å². The van der Waals surface area contributed by atoms with Crippen LogP contribution >= 0.6 is 0 Å². The van der Waals surface area contributed by atoms with E-state index in [0.717, 1.165) is 12.8 Å². The molecule has 0 aliphatic rings. The van der Waals surface area contributed by atoms with Gasteiger partial charge in [-0.15, -0.1) is 0 Å². The van der Waals surface area contributed by atoms with Crippen molar-refractivity contribution in [1.29, 1.82) is 0 Å². The third kappa shape index (κ3) is 5.27. The quantitative estimate of drug-likeness (QED) is 0.478. The van der Waals surface area contributed by atoms with Crippen molar-refractivity contribution < 1.29 is 0 Å². The maximum Gasteiger partial charge on any atom is 0.00989 e. The van der Waals surface area contributed by atoms with Gasteiger partial charge < -0.3 is 0 Å². The first kappa shape index (κ1) is 11.9. The molecule has 0 aliphatic heterocycles. The molecule has 0 nitrogen and oxygen atoms in total. The standard InChI is InChI=1S/C15H19/c1-3-4-5-6-7-8-9-15-12-10-14(2)11-13-15/h10-13H,4-9H2,2H3. The summed E-state index contributed by atoms with van der Waals surface area (Å²) < 4.78 is 0. The number of benzene rings is 1. The van der Waals surface area contributed by atoms with Crippen LogP contribution in [0.4, 0.5) is 0 Å². The molecular weight excluding hydrogens is 180 g/mol. The second-order valence-electron chi connectivity index (χ2n) is 4.08. The van der Waals surface area contributed by atoms with Crippen molar-refractivity contribution in [1.82, 2.24) is 0 Å². The highest BCUT2D eigenvalue weighted by molar-refractivity contribution is 5.21. The van der Waals surface area contributed by atoms with E-state index in [0.29, 0.717) is 0 Å². The van der Waals surface area contributed by atoms with Crippen molar-refractivity contribution >= 4 is 0 Å². The van der Waals surface area contributed by atoms with Gasteiger partial charge in [0.2, 0.25) is 0 Å². The van der Waals surface area contributed by atoms with Crippen molar-refractivity contribution in [2.45, 2.75) is 45.4 Å². The average molecular weight is 199 g/mol. The summed E-state index contributed by atoms with van der Waals surface area (Å²) in [4.78, 5) is 0. The number of hydrogen-bond acceptors (Lipinski definition) is 0. The number of rotatable bonds is 6. The van der Waals surface area contributed by atoms with E-state index >= 15 is 0 Å². The first-order valence-corrected chi connectivity index (χ1v) is 5.78. The van der Waals surface area contributed by atoms with E-state index in [1.54, 1.807) is 0 Å². The van der Waals surface area contributed by atoms with Gasteiger partial charge in [0.1, 0.15) is 0 Å². The lowest BCUT2D eigenvalue weighted by Gasteiger charge is -2.01. The van der Waals surface area contributed by atoms with Gasteiger partial charge >= 0.3 is 0 Å². The van der Waals surface area contributed by atoms with Gasteiger partial charge in [0.15, 0.2) is 0 Å². The van der Waals surface area contributed by atoms with E-state index in [9.17, 15) is 0 Å². The zero-order valence-electron chi connectivity index (χ0n) is 9.55. The van der Waals surface area contributed by atoms with Gasteiger partial charge in [-0.2, -0.15) is 0 Å². The average Bonchev–Trinajstić information content (AvgIpc) is 2.26. The second kappa shape index (κ2) is 7.12. The molecule has 0 heterocycles. The zero-order valence-corrected chi connectivity index (χ0v) is 9.55. The Morgan fingerprint density at radius 1 is 1.00 bits per heavy atom. The van der Waals surface area contributed by atoms with Crippen molar-refractivity contribution in [2.75, 3.05) is 0 Å². The maximum atomic E-state index is 6.79. The number of unbranched alkanes of at least 4 members (excludes halogenated alkanes) is 4. The van der Waals surface area contributed by atoms with Gasteiger partial charge in [-0.25, -0.2) is 0 Å². The summed E-state index contributed by atoms with van der Waals surface area (Å²) in [6.45, 7) is 2.12. The van der Waals surface area contributed by atoms with Crippen LogP contribution in [-0.4, -0.2) is 0 Å². The molecule has 0 spiro atoms. The van der Waals surface area contributed by atoms with Gasteiger partial charge in [-0.05, 0) is 38.2 Å². The predicted octanol–water partition coefficient (Wildman–Crippen LogP) is 4.08. The largest absolute Gasteiger partial charge is 0.0891 e. The molecule has 0 saturated carbocycles. The van der Waals surface area contributed by atoms with Crippen molar-refractivity contribution in [2.24, 2.45) is 0 Å². The van der Waals surface area contributed by atoms with Gasteiger partial charge in [-0.3, -0.25) is 0 Å². The molecule has 0 heteroatoms. The third-order valence-corrected chi connectivity index (χ3v) is 2.64. The highest BCUT2D eigenvalue weighted by Gasteiger charge is 1.93. The summed E-state index contributed by atoms with van der Waals surface area (Å²) >= 11 is 0. The molecular formula is C15H19. The zero-order chi connectivity index (χ0) is 10.9. The smallest absolute Gasteiger partial charge is 0.00989 e. The van der Waals surface area contributed by atoms with E-state index in [1.807, 2.05) is 0 Å². The Bertz CT molecular complexity index is 300. The van der Waals surface area contributed by atoms with E-state index < -0.39 is 0 Å². The Morgan fingerprint density at radius 3 is 2.33 bits per heavy atom.